The zero-order valence-corrected chi connectivity index (χ0v) is 18.6. The minimum atomic E-state index is -0.439. The molecule has 4 aromatic rings. The zero-order chi connectivity index (χ0) is 21.1. The van der Waals surface area contributed by atoms with Gasteiger partial charge in [-0.15, -0.1) is 11.3 Å². The van der Waals surface area contributed by atoms with Crippen LogP contribution in [0.1, 0.15) is 36.8 Å². The van der Waals surface area contributed by atoms with Gasteiger partial charge in [-0.05, 0) is 18.9 Å². The van der Waals surface area contributed by atoms with Gasteiger partial charge in [-0.3, -0.25) is 14.3 Å². The number of thioether (sulfide) groups is 1. The largest absolute Gasteiger partial charge is 0.330 e. The highest BCUT2D eigenvalue weighted by Gasteiger charge is 2.19. The number of H-pyrrole nitrogens is 1. The average molecular weight is 442 g/mol. The second-order valence-corrected chi connectivity index (χ2v) is 9.16. The molecule has 3 heterocycles. The second-order valence-electron chi connectivity index (χ2n) is 7.08. The Kier molecular flexibility index (Phi) is 6.19. The van der Waals surface area contributed by atoms with E-state index in [0.29, 0.717) is 30.0 Å². The van der Waals surface area contributed by atoms with Crippen LogP contribution in [0.2, 0.25) is 0 Å². The van der Waals surface area contributed by atoms with Gasteiger partial charge in [-0.25, -0.2) is 14.8 Å². The van der Waals surface area contributed by atoms with Gasteiger partial charge in [0.2, 0.25) is 0 Å². The highest BCUT2D eigenvalue weighted by Crippen LogP contribution is 2.27. The van der Waals surface area contributed by atoms with Crippen LogP contribution in [0.3, 0.4) is 0 Å². The quantitative estimate of drug-likeness (QED) is 0.421. The van der Waals surface area contributed by atoms with Gasteiger partial charge in [0, 0.05) is 17.6 Å². The Morgan fingerprint density at radius 2 is 1.93 bits per heavy atom. The summed E-state index contributed by atoms with van der Waals surface area (Å²) in [5.74, 6) is 1.37. The normalized spacial score (nSPS) is 11.4. The molecule has 30 heavy (non-hydrogen) atoms. The summed E-state index contributed by atoms with van der Waals surface area (Å²) >= 11 is 3.20. The van der Waals surface area contributed by atoms with Crippen LogP contribution in [0.5, 0.6) is 0 Å². The van der Waals surface area contributed by atoms with Crippen molar-refractivity contribution in [3.8, 4) is 0 Å². The Morgan fingerprint density at radius 1 is 1.13 bits per heavy atom. The fourth-order valence-electron chi connectivity index (χ4n) is 3.32. The SMILES string of the molecule is CCCCn1c(CSc2nc(C)cs2)nc2c1c(=O)[nH]c(=O)n2Cc1ccccc1. The summed E-state index contributed by atoms with van der Waals surface area (Å²) in [6.45, 7) is 5.13. The van der Waals surface area contributed by atoms with Crippen molar-refractivity contribution in [2.45, 2.75) is 49.9 Å². The Morgan fingerprint density at radius 3 is 2.63 bits per heavy atom. The maximum Gasteiger partial charge on any atom is 0.330 e. The number of thiazole rings is 1. The molecule has 156 valence electrons. The standard InChI is InChI=1S/C21H23N5O2S2/c1-3-4-10-25-16(13-30-21-22-14(2)12-29-21)23-18-17(25)19(27)24-20(28)26(18)11-15-8-6-5-7-9-15/h5-9,12H,3-4,10-11,13H2,1-2H3,(H,24,27,28). The lowest BCUT2D eigenvalue weighted by Crippen LogP contribution is -2.31. The van der Waals surface area contributed by atoms with Crippen molar-refractivity contribution in [2.75, 3.05) is 0 Å². The van der Waals surface area contributed by atoms with Crippen molar-refractivity contribution in [3.63, 3.8) is 0 Å². The lowest BCUT2D eigenvalue weighted by atomic mass is 10.2. The van der Waals surface area contributed by atoms with Gasteiger partial charge >= 0.3 is 5.69 Å². The first-order chi connectivity index (χ1) is 14.6. The van der Waals surface area contributed by atoms with E-state index in [0.717, 1.165) is 34.3 Å². The topological polar surface area (TPSA) is 85.6 Å². The number of hydrogen-bond donors (Lipinski definition) is 1. The highest BCUT2D eigenvalue weighted by molar-refractivity contribution is 8.00. The van der Waals surface area contributed by atoms with E-state index >= 15 is 0 Å². The van der Waals surface area contributed by atoms with Crippen LogP contribution in [0.15, 0.2) is 49.6 Å². The molecule has 7 nitrogen and oxygen atoms in total. The summed E-state index contributed by atoms with van der Waals surface area (Å²) in [6.07, 6.45) is 1.93. The monoisotopic (exact) mass is 441 g/mol. The van der Waals surface area contributed by atoms with Crippen LogP contribution < -0.4 is 11.2 Å². The summed E-state index contributed by atoms with van der Waals surface area (Å²) in [5, 5.41) is 2.02. The van der Waals surface area contributed by atoms with Crippen molar-refractivity contribution in [2.24, 2.45) is 0 Å². The van der Waals surface area contributed by atoms with E-state index in [9.17, 15) is 9.59 Å². The molecule has 0 fully saturated rings. The first-order valence-corrected chi connectivity index (χ1v) is 11.7. The van der Waals surface area contributed by atoms with Gasteiger partial charge in [0.25, 0.3) is 5.56 Å². The Bertz CT molecular complexity index is 1270. The molecule has 1 N–H and O–H groups in total. The molecule has 0 saturated carbocycles. The van der Waals surface area contributed by atoms with Crippen molar-refractivity contribution in [3.05, 3.63) is 73.6 Å². The summed E-state index contributed by atoms with van der Waals surface area (Å²) in [6, 6.07) is 9.71. The van der Waals surface area contributed by atoms with Gasteiger partial charge in [0.1, 0.15) is 5.82 Å². The maximum absolute atomic E-state index is 12.7. The fraction of sp³-hybridized carbons (Fsp3) is 0.333. The predicted molar refractivity (Wildman–Crippen MR) is 121 cm³/mol. The van der Waals surface area contributed by atoms with Crippen molar-refractivity contribution >= 4 is 34.3 Å². The van der Waals surface area contributed by atoms with E-state index < -0.39 is 5.69 Å². The van der Waals surface area contributed by atoms with Crippen LogP contribution in [0, 0.1) is 6.92 Å². The molecule has 0 bridgehead atoms. The van der Waals surface area contributed by atoms with Crippen LogP contribution in [0.4, 0.5) is 0 Å². The first kappa shape index (κ1) is 20.6. The number of rotatable bonds is 8. The van der Waals surface area contributed by atoms with Crippen LogP contribution in [-0.2, 0) is 18.8 Å². The number of nitrogens with zero attached hydrogens (tertiary/aromatic N) is 4. The summed E-state index contributed by atoms with van der Waals surface area (Å²) in [7, 11) is 0. The second kappa shape index (κ2) is 9.01. The number of nitrogens with one attached hydrogen (secondary N) is 1. The molecule has 0 aliphatic carbocycles. The molecule has 0 saturated heterocycles. The van der Waals surface area contributed by atoms with Crippen molar-refractivity contribution < 1.29 is 0 Å². The van der Waals surface area contributed by atoms with Crippen molar-refractivity contribution in [1.82, 2.24) is 24.1 Å². The van der Waals surface area contributed by atoms with Gasteiger partial charge in [0.05, 0.1) is 12.3 Å². The van der Waals surface area contributed by atoms with Crippen LogP contribution >= 0.6 is 23.1 Å². The molecule has 0 aliphatic heterocycles. The van der Waals surface area contributed by atoms with Gasteiger partial charge < -0.3 is 4.57 Å². The molecular formula is C21H23N5O2S2. The van der Waals surface area contributed by atoms with E-state index in [4.69, 9.17) is 4.98 Å². The number of aromatic amines is 1. The molecule has 4 rings (SSSR count). The smallest absolute Gasteiger partial charge is 0.321 e. The summed E-state index contributed by atoms with van der Waals surface area (Å²) in [4.78, 5) is 37.1. The van der Waals surface area contributed by atoms with Crippen molar-refractivity contribution in [1.29, 1.82) is 0 Å². The lowest BCUT2D eigenvalue weighted by molar-refractivity contribution is 0.626. The molecule has 1 aromatic carbocycles. The summed E-state index contributed by atoms with van der Waals surface area (Å²) in [5.41, 5.74) is 2.05. The number of hydrogen-bond acceptors (Lipinski definition) is 6. The molecule has 9 heteroatoms. The maximum atomic E-state index is 12.7. The lowest BCUT2D eigenvalue weighted by Gasteiger charge is -2.08. The van der Waals surface area contributed by atoms with E-state index in [1.807, 2.05) is 47.2 Å². The van der Waals surface area contributed by atoms with Gasteiger partial charge in [0.15, 0.2) is 15.5 Å². The third-order valence-corrected chi connectivity index (χ3v) is 6.94. The number of imidazole rings is 1. The molecule has 0 amide bonds. The molecule has 0 aliphatic rings. The minimum Gasteiger partial charge on any atom is -0.321 e. The Labute approximate surface area is 181 Å². The van der Waals surface area contributed by atoms with E-state index in [-0.39, 0.29) is 5.56 Å². The molecule has 3 aromatic heterocycles. The zero-order valence-electron chi connectivity index (χ0n) is 16.9. The number of benzene rings is 1. The number of aromatic nitrogens is 5. The molecular weight excluding hydrogens is 418 g/mol. The predicted octanol–water partition coefficient (Wildman–Crippen LogP) is 3.79. The Hall–Kier alpha value is -2.65. The average Bonchev–Trinajstić information content (AvgIpc) is 3.32. The minimum absolute atomic E-state index is 0.357. The fourth-order valence-corrected chi connectivity index (χ4v) is 5.12. The van der Waals surface area contributed by atoms with Gasteiger partial charge in [-0.2, -0.15) is 0 Å². The van der Waals surface area contributed by atoms with E-state index in [1.54, 1.807) is 27.7 Å². The number of unbranched alkanes of at least 4 members (excludes halogenated alkanes) is 1. The Balaban J connectivity index is 1.80. The third-order valence-electron chi connectivity index (χ3n) is 4.81. The third kappa shape index (κ3) is 4.27. The highest BCUT2D eigenvalue weighted by atomic mass is 32.2. The number of aryl methyl sites for hydroxylation is 2. The molecule has 0 radical (unpaired) electrons. The first-order valence-electron chi connectivity index (χ1n) is 9.88. The van der Waals surface area contributed by atoms with Crippen LogP contribution in [0.25, 0.3) is 11.2 Å². The summed E-state index contributed by atoms with van der Waals surface area (Å²) < 4.78 is 4.49. The van der Waals surface area contributed by atoms with E-state index in [2.05, 4.69) is 16.9 Å². The van der Waals surface area contributed by atoms with Crippen LogP contribution in [-0.4, -0.2) is 24.1 Å². The molecule has 0 unspecified atom stereocenters. The number of fused-ring (bicyclic) bond motifs is 1. The van der Waals surface area contributed by atoms with E-state index in [1.165, 1.54) is 0 Å². The molecule has 0 atom stereocenters. The molecule has 0 spiro atoms. The van der Waals surface area contributed by atoms with Gasteiger partial charge in [-0.1, -0.05) is 55.4 Å².